The van der Waals surface area contributed by atoms with Gasteiger partial charge in [-0.05, 0) is 35.4 Å². The molecule has 13 heteroatoms. The molecule has 2 unspecified atom stereocenters. The van der Waals surface area contributed by atoms with Gasteiger partial charge in [0, 0.05) is 43.9 Å². The van der Waals surface area contributed by atoms with Gasteiger partial charge in [-0.2, -0.15) is 0 Å². The van der Waals surface area contributed by atoms with Crippen molar-refractivity contribution < 1.29 is 53.3 Å². The molecule has 3 aliphatic rings. The molecule has 3 aliphatic heterocycles. The molecule has 11 nitrogen and oxygen atoms in total. The van der Waals surface area contributed by atoms with Crippen LogP contribution in [-0.4, -0.2) is 106 Å². The van der Waals surface area contributed by atoms with Crippen LogP contribution in [0.4, 0.5) is 8.78 Å². The van der Waals surface area contributed by atoms with E-state index in [1.165, 1.54) is 31.4 Å². The average molecular weight is 629 g/mol. The lowest BCUT2D eigenvalue weighted by atomic mass is 9.84. The van der Waals surface area contributed by atoms with Crippen LogP contribution >= 0.6 is 0 Å². The molecule has 0 radical (unpaired) electrons. The van der Waals surface area contributed by atoms with Crippen molar-refractivity contribution in [2.24, 2.45) is 0 Å². The lowest BCUT2D eigenvalue weighted by Gasteiger charge is -2.45. The quantitative estimate of drug-likeness (QED) is 0.244. The normalized spacial score (nSPS) is 25.5. The molecule has 0 saturated carbocycles. The first kappa shape index (κ1) is 31.1. The number of hydrogen-bond donors (Lipinski definition) is 5. The Labute approximate surface area is 257 Å². The van der Waals surface area contributed by atoms with Crippen molar-refractivity contribution in [3.63, 3.8) is 0 Å². The van der Waals surface area contributed by atoms with Gasteiger partial charge in [0.15, 0.2) is 17.6 Å². The van der Waals surface area contributed by atoms with Gasteiger partial charge in [-0.3, -0.25) is 9.80 Å². The van der Waals surface area contributed by atoms with E-state index in [9.17, 15) is 39.1 Å². The number of esters is 1. The molecule has 0 bridgehead atoms. The molecular weight excluding hydrogens is 594 g/mol. The van der Waals surface area contributed by atoms with Crippen molar-refractivity contribution in [3.8, 4) is 17.2 Å². The summed E-state index contributed by atoms with van der Waals surface area (Å²) in [5.74, 6) is -3.00. The number of phenols is 2. The minimum absolute atomic E-state index is 0.0531. The highest BCUT2D eigenvalue weighted by Crippen LogP contribution is 2.52. The number of rotatable bonds is 7. The maximum atomic E-state index is 13.7. The molecule has 5 atom stereocenters. The average Bonchev–Trinajstić information content (AvgIpc) is 3.04. The number of carbonyl (C=O) groups excluding carboxylic acids is 1. The molecule has 45 heavy (non-hydrogen) atoms. The highest BCUT2D eigenvalue weighted by Gasteiger charge is 2.53. The Morgan fingerprint density at radius 3 is 2.02 bits per heavy atom. The summed E-state index contributed by atoms with van der Waals surface area (Å²) in [6.45, 7) is 1.42. The number of nitrogens with zero attached hydrogens (tertiary/aromatic N) is 2. The molecule has 5 N–H and O–H groups in total. The molecule has 6 rings (SSSR count). The largest absolute Gasteiger partial charge is 0.504 e. The number of phenolic OH excluding ortho intramolecular Hbond substituents is 2. The van der Waals surface area contributed by atoms with Crippen LogP contribution in [0.1, 0.15) is 44.8 Å². The summed E-state index contributed by atoms with van der Waals surface area (Å²) in [6, 6.07) is 12.1. The summed E-state index contributed by atoms with van der Waals surface area (Å²) in [7, 11) is 1.24. The van der Waals surface area contributed by atoms with Gasteiger partial charge in [-0.1, -0.05) is 24.3 Å². The van der Waals surface area contributed by atoms with Gasteiger partial charge in [0.1, 0.15) is 36.1 Å². The van der Waals surface area contributed by atoms with Crippen molar-refractivity contribution >= 4 is 5.97 Å². The summed E-state index contributed by atoms with van der Waals surface area (Å²) >= 11 is 0. The van der Waals surface area contributed by atoms with E-state index in [0.29, 0.717) is 26.2 Å². The van der Waals surface area contributed by atoms with Crippen LogP contribution in [0.3, 0.4) is 0 Å². The zero-order valence-corrected chi connectivity index (χ0v) is 24.3. The topological polar surface area (TPSA) is 152 Å². The van der Waals surface area contributed by atoms with E-state index in [-0.39, 0.29) is 46.7 Å². The Morgan fingerprint density at radius 2 is 1.49 bits per heavy atom. The summed E-state index contributed by atoms with van der Waals surface area (Å²) in [5.41, 5.74) is 1.58. The van der Waals surface area contributed by atoms with Crippen LogP contribution in [0.2, 0.25) is 0 Å². The first-order valence-electron chi connectivity index (χ1n) is 14.6. The van der Waals surface area contributed by atoms with E-state index < -0.39 is 54.6 Å². The van der Waals surface area contributed by atoms with Crippen molar-refractivity contribution in [2.45, 2.75) is 43.1 Å². The van der Waals surface area contributed by atoms with Crippen LogP contribution in [-0.2, 0) is 16.0 Å². The molecule has 0 aromatic heterocycles. The fourth-order valence-electron chi connectivity index (χ4n) is 6.57. The Kier molecular flexibility index (Phi) is 8.66. The van der Waals surface area contributed by atoms with E-state index in [1.54, 1.807) is 24.3 Å². The zero-order chi connectivity index (χ0) is 32.0. The first-order valence-corrected chi connectivity index (χ1v) is 14.6. The maximum absolute atomic E-state index is 13.7. The molecular formula is C32H34F2N2O9. The predicted molar refractivity (Wildman–Crippen MR) is 154 cm³/mol. The van der Waals surface area contributed by atoms with Gasteiger partial charge in [-0.15, -0.1) is 0 Å². The lowest BCUT2D eigenvalue weighted by Crippen LogP contribution is -2.58. The summed E-state index contributed by atoms with van der Waals surface area (Å²) in [4.78, 5) is 17.5. The third-order valence-electron chi connectivity index (χ3n) is 8.87. The highest BCUT2D eigenvalue weighted by molar-refractivity contribution is 5.97. The van der Waals surface area contributed by atoms with Gasteiger partial charge in [0.05, 0.1) is 25.3 Å². The number of halogens is 2. The van der Waals surface area contributed by atoms with Crippen molar-refractivity contribution in [3.05, 3.63) is 88.0 Å². The van der Waals surface area contributed by atoms with Crippen LogP contribution in [0.5, 0.6) is 17.2 Å². The summed E-state index contributed by atoms with van der Waals surface area (Å²) < 4.78 is 44.1. The van der Waals surface area contributed by atoms with Gasteiger partial charge < -0.3 is 39.7 Å². The molecule has 0 spiro atoms. The molecule has 0 amide bonds. The molecule has 240 valence electrons. The molecule has 3 heterocycles. The smallest absolute Gasteiger partial charge is 0.339 e. The van der Waals surface area contributed by atoms with Gasteiger partial charge in [0.2, 0.25) is 5.75 Å². The van der Waals surface area contributed by atoms with Crippen LogP contribution < -0.4 is 4.74 Å². The second-order valence-electron chi connectivity index (χ2n) is 11.4. The van der Waals surface area contributed by atoms with E-state index in [0.717, 1.165) is 11.1 Å². The lowest BCUT2D eigenvalue weighted by molar-refractivity contribution is -0.235. The maximum Gasteiger partial charge on any atom is 0.339 e. The number of aliphatic hydroxyl groups is 3. The minimum atomic E-state index is -1.61. The van der Waals surface area contributed by atoms with Crippen molar-refractivity contribution in [2.75, 3.05) is 39.9 Å². The number of hydrogen-bond acceptors (Lipinski definition) is 11. The number of benzene rings is 3. The number of ether oxygens (including phenoxy) is 3. The Bertz CT molecular complexity index is 1500. The Balaban J connectivity index is 1.29. The number of methoxy groups -OCH3 is 1. The van der Waals surface area contributed by atoms with E-state index >= 15 is 0 Å². The fraction of sp³-hybridized carbons (Fsp3) is 0.406. The van der Waals surface area contributed by atoms with Gasteiger partial charge in [0.25, 0.3) is 0 Å². The molecule has 3 aromatic rings. The van der Waals surface area contributed by atoms with Crippen molar-refractivity contribution in [1.29, 1.82) is 0 Å². The first-order chi connectivity index (χ1) is 21.6. The third-order valence-corrected chi connectivity index (χ3v) is 8.87. The number of aliphatic hydroxyl groups excluding tert-OH is 3. The molecule has 2 fully saturated rings. The van der Waals surface area contributed by atoms with E-state index in [4.69, 9.17) is 14.2 Å². The SMILES string of the molecule is COc1c(O)c(CN2CCN(C(c3ccc(F)cc3)c3ccc(F)cc3)CC2)c2c(c1O)C1O[C@H](CO)[C@@H](O)[C@H](O)C1OC2=O. The second-order valence-corrected chi connectivity index (χ2v) is 11.4. The number of piperazine rings is 1. The van der Waals surface area contributed by atoms with E-state index in [1.807, 2.05) is 4.90 Å². The van der Waals surface area contributed by atoms with E-state index in [2.05, 4.69) is 4.90 Å². The Hall–Kier alpha value is -3.85. The number of aromatic hydroxyl groups is 2. The van der Waals surface area contributed by atoms with Gasteiger partial charge >= 0.3 is 5.97 Å². The number of carbonyl (C=O) groups is 1. The monoisotopic (exact) mass is 628 g/mol. The fourth-order valence-corrected chi connectivity index (χ4v) is 6.57. The van der Waals surface area contributed by atoms with Gasteiger partial charge in [-0.25, -0.2) is 13.6 Å². The molecule has 0 aliphatic carbocycles. The third kappa shape index (κ3) is 5.60. The van der Waals surface area contributed by atoms with Crippen LogP contribution in [0, 0.1) is 11.6 Å². The summed E-state index contributed by atoms with van der Waals surface area (Å²) in [5, 5.41) is 53.0. The van der Waals surface area contributed by atoms with Crippen molar-refractivity contribution in [1.82, 2.24) is 9.80 Å². The van der Waals surface area contributed by atoms with Crippen LogP contribution in [0.25, 0.3) is 0 Å². The minimum Gasteiger partial charge on any atom is -0.504 e. The van der Waals surface area contributed by atoms with Crippen LogP contribution in [0.15, 0.2) is 48.5 Å². The highest BCUT2D eigenvalue weighted by atomic mass is 19.1. The summed E-state index contributed by atoms with van der Waals surface area (Å²) in [6.07, 6.45) is -7.02. The standard InChI is InChI=1S/C32H34F2N2O9/c1-43-30-25(38)20(22-23(27(30)40)29-31(45-32(22)42)28(41)26(39)21(15-37)44-29)14-35-10-12-36(13-11-35)24(16-2-6-18(33)7-3-16)17-4-8-19(34)9-5-17/h2-9,21,24,26,28-29,31,37-41H,10-15H2,1H3/t21-,26-,28+,29?,31?/m1/s1. The second kappa shape index (κ2) is 12.5. The molecule has 2 saturated heterocycles. The molecule has 3 aromatic carbocycles. The zero-order valence-electron chi connectivity index (χ0n) is 24.3. The number of fused-ring (bicyclic) bond motifs is 3. The Morgan fingerprint density at radius 1 is 0.911 bits per heavy atom. The predicted octanol–water partition coefficient (Wildman–Crippen LogP) is 1.98.